The van der Waals surface area contributed by atoms with Gasteiger partial charge in [-0.05, 0) is 44.6 Å². The van der Waals surface area contributed by atoms with Gasteiger partial charge in [-0.15, -0.1) is 10.2 Å². The van der Waals surface area contributed by atoms with Crippen LogP contribution in [0, 0.1) is 5.82 Å². The minimum atomic E-state index is -3.62. The number of hydrogen-bond donors (Lipinski definition) is 1. The van der Waals surface area contributed by atoms with Crippen molar-refractivity contribution in [2.24, 2.45) is 0 Å². The zero-order valence-electron chi connectivity index (χ0n) is 21.8. The number of anilines is 1. The SMILES string of the molecule is [2H]C([2H])([2H])N1CC[C@H](c2c(F)c(-c3ccc4nnn([C@H](C)CF)c4c3)c3c(OC)nc(N)nn23)C(F)(F)C1. The molecule has 2 N–H and O–H groups in total. The number of hydrogen-bond acceptors (Lipinski definition) is 7. The van der Waals surface area contributed by atoms with Crippen LogP contribution in [0.2, 0.25) is 0 Å². The fourth-order valence-electron chi connectivity index (χ4n) is 4.60. The highest BCUT2D eigenvalue weighted by Gasteiger charge is 2.48. The van der Waals surface area contributed by atoms with E-state index in [1.165, 1.54) is 23.9 Å². The van der Waals surface area contributed by atoms with Gasteiger partial charge in [0.1, 0.15) is 17.7 Å². The highest BCUT2D eigenvalue weighted by atomic mass is 19.3. The third-order valence-corrected chi connectivity index (χ3v) is 6.27. The largest absolute Gasteiger partial charge is 0.479 e. The lowest BCUT2D eigenvalue weighted by atomic mass is 9.89. The topological polar surface area (TPSA) is 99.4 Å². The number of nitrogens with zero attached hydrogens (tertiary/aromatic N) is 7. The molecule has 1 saturated heterocycles. The number of methoxy groups -OCH3 is 1. The highest BCUT2D eigenvalue weighted by Crippen LogP contribution is 2.46. The predicted octanol–water partition coefficient (Wildman–Crippen LogP) is 3.46. The zero-order valence-corrected chi connectivity index (χ0v) is 18.8. The molecule has 9 nitrogen and oxygen atoms in total. The van der Waals surface area contributed by atoms with Gasteiger partial charge in [0.25, 0.3) is 5.92 Å². The minimum absolute atomic E-state index is 0.0415. The molecule has 1 fully saturated rings. The summed E-state index contributed by atoms with van der Waals surface area (Å²) < 4.78 is 90.9. The zero-order chi connectivity index (χ0) is 27.6. The van der Waals surface area contributed by atoms with Crippen molar-refractivity contribution in [2.45, 2.75) is 31.2 Å². The van der Waals surface area contributed by atoms with Gasteiger partial charge < -0.3 is 15.4 Å². The molecule has 35 heavy (non-hydrogen) atoms. The van der Waals surface area contributed by atoms with Gasteiger partial charge in [0.15, 0.2) is 5.82 Å². The number of alkyl halides is 3. The Morgan fingerprint density at radius 2 is 2.17 bits per heavy atom. The Hall–Kier alpha value is -3.48. The molecule has 0 radical (unpaired) electrons. The van der Waals surface area contributed by atoms with Crippen molar-refractivity contribution in [3.05, 3.63) is 29.7 Å². The van der Waals surface area contributed by atoms with Crippen LogP contribution in [-0.2, 0) is 0 Å². The first-order valence-electron chi connectivity index (χ1n) is 12.3. The Labute approximate surface area is 201 Å². The maximum Gasteiger partial charge on any atom is 0.268 e. The maximum atomic E-state index is 16.4. The predicted molar refractivity (Wildman–Crippen MR) is 121 cm³/mol. The Kier molecular flexibility index (Phi) is 4.71. The van der Waals surface area contributed by atoms with E-state index in [9.17, 15) is 4.39 Å². The molecule has 1 aliphatic rings. The van der Waals surface area contributed by atoms with Crippen molar-refractivity contribution in [3.8, 4) is 17.0 Å². The molecule has 3 aromatic heterocycles. The van der Waals surface area contributed by atoms with Crippen LogP contribution in [0.4, 0.5) is 23.5 Å². The average molecular weight is 495 g/mol. The third-order valence-electron chi connectivity index (χ3n) is 6.27. The number of halogens is 4. The number of nitrogens with two attached hydrogens (primary N) is 1. The summed E-state index contributed by atoms with van der Waals surface area (Å²) in [6.45, 7) is -3.15. The van der Waals surface area contributed by atoms with Gasteiger partial charge in [-0.3, -0.25) is 0 Å². The van der Waals surface area contributed by atoms with Crippen LogP contribution in [0.3, 0.4) is 0 Å². The van der Waals surface area contributed by atoms with Gasteiger partial charge in [0.05, 0.1) is 42.4 Å². The van der Waals surface area contributed by atoms with Gasteiger partial charge >= 0.3 is 0 Å². The number of ether oxygens (including phenoxy) is 1. The molecule has 5 rings (SSSR count). The standard InChI is InChI=1S/C22H24F4N8O/c1-11(9-23)33-15-8-12(4-5-14(15)29-31-33)16-17(24)18(13-6-7-32(2)10-22(13,25)26)34-19(16)20(35-3)28-21(27)30-34/h4-5,8,11,13H,6-7,9-10H2,1-3H3,(H2,27,30)/t11-,13-/m1/s1/i2D3. The molecule has 0 saturated carbocycles. The van der Waals surface area contributed by atoms with Crippen LogP contribution in [0.15, 0.2) is 18.2 Å². The van der Waals surface area contributed by atoms with E-state index in [1.807, 2.05) is 0 Å². The maximum absolute atomic E-state index is 16.4. The molecule has 0 bridgehead atoms. The monoisotopic (exact) mass is 495 g/mol. The van der Waals surface area contributed by atoms with Gasteiger partial charge in [-0.2, -0.15) is 4.98 Å². The Balaban J connectivity index is 1.75. The number of piperidine rings is 1. The van der Waals surface area contributed by atoms with E-state index in [0.29, 0.717) is 15.9 Å². The number of aromatic nitrogens is 6. The molecule has 0 amide bonds. The second-order valence-corrected chi connectivity index (χ2v) is 8.58. The van der Waals surface area contributed by atoms with E-state index in [2.05, 4.69) is 20.4 Å². The molecule has 1 aliphatic heterocycles. The van der Waals surface area contributed by atoms with Crippen molar-refractivity contribution >= 4 is 22.5 Å². The molecular weight excluding hydrogens is 468 g/mol. The van der Waals surface area contributed by atoms with Crippen molar-refractivity contribution in [1.29, 1.82) is 0 Å². The molecule has 0 spiro atoms. The summed E-state index contributed by atoms with van der Waals surface area (Å²) in [6, 6.07) is 3.95. The summed E-state index contributed by atoms with van der Waals surface area (Å²) in [5, 5.41) is 12.0. The van der Waals surface area contributed by atoms with Gasteiger partial charge in [0, 0.05) is 4.11 Å². The van der Waals surface area contributed by atoms with Crippen LogP contribution >= 0.6 is 0 Å². The van der Waals surface area contributed by atoms with Crippen molar-refractivity contribution in [3.63, 3.8) is 0 Å². The molecule has 0 aliphatic carbocycles. The molecule has 0 unspecified atom stereocenters. The summed E-state index contributed by atoms with van der Waals surface area (Å²) in [5.41, 5.74) is 6.22. The Morgan fingerprint density at radius 3 is 2.86 bits per heavy atom. The summed E-state index contributed by atoms with van der Waals surface area (Å²) in [6.07, 6.45) is -0.357. The average Bonchev–Trinajstić information content (AvgIpc) is 3.40. The highest BCUT2D eigenvalue weighted by molar-refractivity contribution is 5.90. The molecule has 2 atom stereocenters. The lowest BCUT2D eigenvalue weighted by molar-refractivity contribution is -0.0788. The molecule has 13 heteroatoms. The number of fused-ring (bicyclic) bond motifs is 2. The van der Waals surface area contributed by atoms with Gasteiger partial charge in [-0.1, -0.05) is 11.3 Å². The van der Waals surface area contributed by atoms with E-state index in [1.54, 1.807) is 13.0 Å². The Morgan fingerprint density at radius 1 is 1.37 bits per heavy atom. The normalized spacial score (nSPS) is 21.1. The Bertz CT molecular complexity index is 1520. The fraction of sp³-hybridized carbons (Fsp3) is 0.455. The third kappa shape index (κ3) is 3.65. The quantitative estimate of drug-likeness (QED) is 0.424. The second kappa shape index (κ2) is 8.33. The van der Waals surface area contributed by atoms with E-state index in [-0.39, 0.29) is 41.4 Å². The van der Waals surface area contributed by atoms with Crippen molar-refractivity contribution < 1.29 is 26.4 Å². The van der Waals surface area contributed by atoms with Gasteiger partial charge in [0.2, 0.25) is 11.8 Å². The summed E-state index contributed by atoms with van der Waals surface area (Å²) in [5.74, 6) is -6.83. The lowest BCUT2D eigenvalue weighted by Gasteiger charge is -2.36. The molecule has 186 valence electrons. The summed E-state index contributed by atoms with van der Waals surface area (Å²) in [7, 11) is 1.27. The second-order valence-electron chi connectivity index (χ2n) is 8.58. The first-order valence-corrected chi connectivity index (χ1v) is 10.8. The smallest absolute Gasteiger partial charge is 0.268 e. The fourth-order valence-corrected chi connectivity index (χ4v) is 4.60. The number of likely N-dealkylation sites (tertiary alicyclic amines) is 1. The van der Waals surface area contributed by atoms with Crippen molar-refractivity contribution in [2.75, 3.05) is 39.6 Å². The van der Waals surface area contributed by atoms with E-state index >= 15 is 13.2 Å². The van der Waals surface area contributed by atoms with Gasteiger partial charge in [-0.25, -0.2) is 26.8 Å². The first kappa shape index (κ1) is 19.8. The molecule has 4 aromatic rings. The minimum Gasteiger partial charge on any atom is -0.479 e. The van der Waals surface area contributed by atoms with Crippen LogP contribution in [0.25, 0.3) is 27.7 Å². The van der Waals surface area contributed by atoms with E-state index in [4.69, 9.17) is 14.6 Å². The van der Waals surface area contributed by atoms with Crippen LogP contribution in [0.1, 0.15) is 35.1 Å². The van der Waals surface area contributed by atoms with Crippen LogP contribution in [0.5, 0.6) is 5.88 Å². The number of nitrogen functional groups attached to an aromatic ring is 1. The van der Waals surface area contributed by atoms with Crippen LogP contribution in [-0.4, -0.2) is 74.3 Å². The summed E-state index contributed by atoms with van der Waals surface area (Å²) >= 11 is 0. The van der Waals surface area contributed by atoms with Crippen molar-refractivity contribution in [1.82, 2.24) is 34.5 Å². The van der Waals surface area contributed by atoms with Crippen LogP contribution < -0.4 is 10.5 Å². The molecular formula is C22H24F4N8O. The summed E-state index contributed by atoms with van der Waals surface area (Å²) in [4.78, 5) is 4.70. The van der Waals surface area contributed by atoms with E-state index in [0.717, 1.165) is 4.52 Å². The first-order chi connectivity index (χ1) is 17.9. The number of benzene rings is 1. The molecule has 1 aromatic carbocycles. The lowest BCUT2D eigenvalue weighted by Crippen LogP contribution is -2.46. The van der Waals surface area contributed by atoms with E-state index < -0.39 is 49.6 Å². The molecule has 4 heterocycles. The number of rotatable bonds is 5.